The van der Waals surface area contributed by atoms with Gasteiger partial charge in [0.15, 0.2) is 0 Å². The van der Waals surface area contributed by atoms with Gasteiger partial charge in [0, 0.05) is 25.2 Å². The smallest absolute Gasteiger partial charge is 0.332 e. The van der Waals surface area contributed by atoms with Crippen molar-refractivity contribution in [3.8, 4) is 0 Å². The zero-order valence-electron chi connectivity index (χ0n) is 9.68. The van der Waals surface area contributed by atoms with Crippen molar-refractivity contribution in [3.63, 3.8) is 0 Å². The van der Waals surface area contributed by atoms with Gasteiger partial charge in [-0.2, -0.15) is 5.10 Å². The maximum Gasteiger partial charge on any atom is 0.332 e. The molecule has 1 rings (SSSR count). The number of benzene rings is 1. The molecule has 90 valence electrons. The number of hydrazone groups is 1. The minimum Gasteiger partial charge on any atom is -0.350 e. The number of nitrogens with zero attached hydrogens (tertiary/aromatic N) is 2. The lowest BCUT2D eigenvalue weighted by molar-refractivity contribution is 0.0827. The topological polar surface area (TPSA) is 87.8 Å². The van der Waals surface area contributed by atoms with Crippen molar-refractivity contribution >= 4 is 18.2 Å². The molecular weight excluding hydrogens is 220 g/mol. The van der Waals surface area contributed by atoms with Gasteiger partial charge in [-0.25, -0.2) is 10.2 Å². The zero-order valence-corrected chi connectivity index (χ0v) is 9.68. The van der Waals surface area contributed by atoms with Gasteiger partial charge in [-0.1, -0.05) is 18.2 Å². The molecule has 1 aromatic rings. The second-order valence-electron chi connectivity index (χ2n) is 3.52. The molecule has 0 aliphatic rings. The molecule has 17 heavy (non-hydrogen) atoms. The first kappa shape index (κ1) is 12.7. The van der Waals surface area contributed by atoms with Crippen LogP contribution in [0, 0.1) is 0 Å². The fourth-order valence-corrected chi connectivity index (χ4v) is 1.21. The van der Waals surface area contributed by atoms with E-state index in [9.17, 15) is 9.59 Å². The number of nitrogens with one attached hydrogen (secondary N) is 1. The molecule has 3 amide bonds. The summed E-state index contributed by atoms with van der Waals surface area (Å²) in [5, 5.41) is 3.62. The number of carbonyl (C=O) groups excluding carboxylic acids is 2. The van der Waals surface area contributed by atoms with Gasteiger partial charge in [0.05, 0.1) is 6.21 Å². The van der Waals surface area contributed by atoms with Gasteiger partial charge < -0.3 is 10.6 Å². The lowest BCUT2D eigenvalue weighted by atomic mass is 10.1. The summed E-state index contributed by atoms with van der Waals surface area (Å²) in [6.07, 6.45) is 1.38. The van der Waals surface area contributed by atoms with Crippen molar-refractivity contribution in [3.05, 3.63) is 35.4 Å². The minimum atomic E-state index is -0.752. The highest BCUT2D eigenvalue weighted by atomic mass is 16.2. The van der Waals surface area contributed by atoms with Crippen LogP contribution in [0.15, 0.2) is 29.4 Å². The van der Waals surface area contributed by atoms with E-state index in [0.717, 1.165) is 0 Å². The van der Waals surface area contributed by atoms with Crippen molar-refractivity contribution in [1.82, 2.24) is 10.3 Å². The Hall–Kier alpha value is -2.37. The molecule has 0 saturated carbocycles. The molecule has 0 bridgehead atoms. The van der Waals surface area contributed by atoms with Gasteiger partial charge in [-0.05, 0) is 6.07 Å². The second kappa shape index (κ2) is 5.64. The predicted octanol–water partition coefficient (Wildman–Crippen LogP) is 0.391. The van der Waals surface area contributed by atoms with Crippen LogP contribution in [-0.2, 0) is 0 Å². The molecule has 0 fully saturated rings. The van der Waals surface area contributed by atoms with E-state index in [-0.39, 0.29) is 5.91 Å². The predicted molar refractivity (Wildman–Crippen MR) is 64.8 cm³/mol. The Morgan fingerprint density at radius 2 is 2.00 bits per heavy atom. The van der Waals surface area contributed by atoms with Crippen LogP contribution in [0.3, 0.4) is 0 Å². The molecular formula is C11H14N4O2. The van der Waals surface area contributed by atoms with Crippen LogP contribution in [0.5, 0.6) is 0 Å². The Labute approximate surface area is 99.1 Å². The van der Waals surface area contributed by atoms with Crippen LogP contribution in [0.2, 0.25) is 0 Å². The molecule has 0 radical (unpaired) electrons. The molecule has 0 aliphatic carbocycles. The lowest BCUT2D eigenvalue weighted by Gasteiger charge is -2.11. The Kier molecular flexibility index (Phi) is 4.21. The van der Waals surface area contributed by atoms with Crippen LogP contribution in [-0.4, -0.2) is 37.1 Å². The van der Waals surface area contributed by atoms with Crippen molar-refractivity contribution in [2.75, 3.05) is 14.1 Å². The van der Waals surface area contributed by atoms with E-state index in [2.05, 4.69) is 10.5 Å². The second-order valence-corrected chi connectivity index (χ2v) is 3.52. The van der Waals surface area contributed by atoms with E-state index in [1.54, 1.807) is 38.4 Å². The fourth-order valence-electron chi connectivity index (χ4n) is 1.21. The molecule has 6 heteroatoms. The molecule has 0 heterocycles. The van der Waals surface area contributed by atoms with E-state index < -0.39 is 6.03 Å². The van der Waals surface area contributed by atoms with Crippen molar-refractivity contribution < 1.29 is 9.59 Å². The van der Waals surface area contributed by atoms with E-state index in [0.29, 0.717) is 11.1 Å². The number of hydrogen-bond donors (Lipinski definition) is 2. The highest BCUT2D eigenvalue weighted by Gasteiger charge is 2.10. The van der Waals surface area contributed by atoms with Crippen LogP contribution in [0.25, 0.3) is 0 Å². The summed E-state index contributed by atoms with van der Waals surface area (Å²) < 4.78 is 0. The largest absolute Gasteiger partial charge is 0.350 e. The molecule has 0 spiro atoms. The minimum absolute atomic E-state index is 0.133. The summed E-state index contributed by atoms with van der Waals surface area (Å²) in [4.78, 5) is 23.7. The molecule has 1 aromatic carbocycles. The molecule has 0 aromatic heterocycles. The van der Waals surface area contributed by atoms with Crippen LogP contribution < -0.4 is 11.2 Å². The van der Waals surface area contributed by atoms with Gasteiger partial charge in [-0.3, -0.25) is 4.79 Å². The zero-order chi connectivity index (χ0) is 12.8. The number of nitrogens with two attached hydrogens (primary N) is 1. The van der Waals surface area contributed by atoms with Gasteiger partial charge in [0.1, 0.15) is 0 Å². The van der Waals surface area contributed by atoms with Gasteiger partial charge in [0.25, 0.3) is 5.91 Å². The van der Waals surface area contributed by atoms with Gasteiger partial charge >= 0.3 is 6.03 Å². The van der Waals surface area contributed by atoms with Gasteiger partial charge in [0.2, 0.25) is 0 Å². The molecule has 0 aliphatic heterocycles. The number of urea groups is 1. The lowest BCUT2D eigenvalue weighted by Crippen LogP contribution is -2.25. The first-order valence-corrected chi connectivity index (χ1v) is 4.91. The van der Waals surface area contributed by atoms with E-state index in [4.69, 9.17) is 5.73 Å². The Bertz CT molecular complexity index is 455. The average Bonchev–Trinajstić information content (AvgIpc) is 2.28. The van der Waals surface area contributed by atoms with E-state index in [1.165, 1.54) is 11.1 Å². The SMILES string of the molecule is CN(C)C(=O)c1ccccc1C=NNC(N)=O. The number of hydrogen-bond acceptors (Lipinski definition) is 3. The van der Waals surface area contributed by atoms with Crippen LogP contribution >= 0.6 is 0 Å². The van der Waals surface area contributed by atoms with Crippen molar-refractivity contribution in [2.45, 2.75) is 0 Å². The molecule has 0 atom stereocenters. The fraction of sp³-hybridized carbons (Fsp3) is 0.182. The number of amides is 3. The summed E-state index contributed by atoms with van der Waals surface area (Å²) >= 11 is 0. The quantitative estimate of drug-likeness (QED) is 0.585. The third-order valence-corrected chi connectivity index (χ3v) is 1.98. The first-order chi connectivity index (χ1) is 8.02. The van der Waals surface area contributed by atoms with Gasteiger partial charge in [-0.15, -0.1) is 0 Å². The van der Waals surface area contributed by atoms with Crippen LogP contribution in [0.4, 0.5) is 4.79 Å². The molecule has 0 unspecified atom stereocenters. The number of carbonyl (C=O) groups is 2. The number of primary amides is 1. The van der Waals surface area contributed by atoms with Crippen molar-refractivity contribution in [2.24, 2.45) is 10.8 Å². The monoisotopic (exact) mass is 234 g/mol. The maximum atomic E-state index is 11.8. The highest BCUT2D eigenvalue weighted by molar-refractivity contribution is 6.02. The summed E-state index contributed by atoms with van der Waals surface area (Å²) in [6, 6.07) is 6.20. The Morgan fingerprint density at radius 1 is 1.35 bits per heavy atom. The summed E-state index contributed by atoms with van der Waals surface area (Å²) in [5.41, 5.74) is 8.05. The third kappa shape index (κ3) is 3.60. The normalized spacial score (nSPS) is 10.2. The van der Waals surface area contributed by atoms with Crippen molar-refractivity contribution in [1.29, 1.82) is 0 Å². The Balaban J connectivity index is 2.96. The average molecular weight is 234 g/mol. The summed E-state index contributed by atoms with van der Waals surface area (Å²) in [6.45, 7) is 0. The maximum absolute atomic E-state index is 11.8. The highest BCUT2D eigenvalue weighted by Crippen LogP contribution is 2.08. The van der Waals surface area contributed by atoms with Crippen LogP contribution in [0.1, 0.15) is 15.9 Å². The first-order valence-electron chi connectivity index (χ1n) is 4.91. The molecule has 6 nitrogen and oxygen atoms in total. The standard InChI is InChI=1S/C11H14N4O2/c1-15(2)10(16)9-6-4-3-5-8(9)7-13-14-11(12)17/h3-7H,1-2H3,(H3,12,14,17). The van der Waals surface area contributed by atoms with E-state index >= 15 is 0 Å². The Morgan fingerprint density at radius 3 is 2.59 bits per heavy atom. The third-order valence-electron chi connectivity index (χ3n) is 1.98. The van der Waals surface area contributed by atoms with E-state index in [1.807, 2.05) is 0 Å². The summed E-state index contributed by atoms with van der Waals surface area (Å²) in [5.74, 6) is -0.133. The molecule has 3 N–H and O–H groups in total. The molecule has 0 saturated heterocycles. The summed E-state index contributed by atoms with van der Waals surface area (Å²) in [7, 11) is 3.33. The number of rotatable bonds is 3.